The van der Waals surface area contributed by atoms with Crippen LogP contribution in [0.5, 0.6) is 0 Å². The van der Waals surface area contributed by atoms with Crippen molar-refractivity contribution in [3.8, 4) is 0 Å². The quantitative estimate of drug-likeness (QED) is 0.387. The highest BCUT2D eigenvalue weighted by Crippen LogP contribution is 2.29. The third-order valence-corrected chi connectivity index (χ3v) is 4.34. The standard InChI is InChI=1S/C17H18F6N4OS/c1-24-15(26-7-14-27-13(9-29-14)17(21,22)23)25-6-11-2-4-12(5-3-11)8-28-10-16(18,19)20/h2-5,9H,6-8,10H2,1H3,(H2,24,25,26). The summed E-state index contributed by atoms with van der Waals surface area (Å²) >= 11 is 0.894. The Morgan fingerprint density at radius 3 is 2.21 bits per heavy atom. The Labute approximate surface area is 166 Å². The molecule has 0 spiro atoms. The highest BCUT2D eigenvalue weighted by molar-refractivity contribution is 7.09. The van der Waals surface area contributed by atoms with Crippen LogP contribution in [0, 0.1) is 0 Å². The second-order valence-corrected chi connectivity index (χ2v) is 6.77. The minimum atomic E-state index is -4.47. The summed E-state index contributed by atoms with van der Waals surface area (Å²) in [5, 5.41) is 7.07. The second kappa shape index (κ2) is 9.92. The molecule has 0 aliphatic heterocycles. The van der Waals surface area contributed by atoms with Gasteiger partial charge in [0.1, 0.15) is 11.6 Å². The molecule has 1 aromatic heterocycles. The lowest BCUT2D eigenvalue weighted by Crippen LogP contribution is -2.36. The number of hydrogen-bond acceptors (Lipinski definition) is 4. The van der Waals surface area contributed by atoms with Gasteiger partial charge in [0, 0.05) is 19.0 Å². The summed E-state index contributed by atoms with van der Waals surface area (Å²) in [6.45, 7) is -1.02. The molecule has 0 radical (unpaired) electrons. The highest BCUT2D eigenvalue weighted by Gasteiger charge is 2.33. The maximum absolute atomic E-state index is 12.6. The fraction of sp³-hybridized carbons (Fsp3) is 0.412. The predicted molar refractivity (Wildman–Crippen MR) is 96.3 cm³/mol. The molecule has 0 unspecified atom stereocenters. The van der Waals surface area contributed by atoms with E-state index in [1.165, 1.54) is 7.05 Å². The van der Waals surface area contributed by atoms with E-state index in [0.717, 1.165) is 22.3 Å². The van der Waals surface area contributed by atoms with Crippen LogP contribution in [-0.2, 0) is 30.6 Å². The minimum absolute atomic E-state index is 0.0793. The van der Waals surface area contributed by atoms with Crippen LogP contribution in [0.1, 0.15) is 21.8 Å². The van der Waals surface area contributed by atoms with E-state index in [2.05, 4.69) is 25.3 Å². The molecule has 5 nitrogen and oxygen atoms in total. The number of nitrogens with one attached hydrogen (secondary N) is 2. The summed E-state index contributed by atoms with van der Waals surface area (Å²) in [4.78, 5) is 7.50. The number of alkyl halides is 6. The smallest absolute Gasteiger partial charge is 0.367 e. The van der Waals surface area contributed by atoms with Crippen molar-refractivity contribution in [2.75, 3.05) is 13.7 Å². The number of ether oxygens (including phenoxy) is 1. The zero-order valence-corrected chi connectivity index (χ0v) is 16.0. The van der Waals surface area contributed by atoms with Gasteiger partial charge in [-0.25, -0.2) is 4.98 Å². The van der Waals surface area contributed by atoms with Crippen LogP contribution in [0.3, 0.4) is 0 Å². The molecule has 0 saturated heterocycles. The van der Waals surface area contributed by atoms with Crippen LogP contribution >= 0.6 is 11.3 Å². The van der Waals surface area contributed by atoms with E-state index in [-0.39, 0.29) is 18.2 Å². The Kier molecular flexibility index (Phi) is 7.85. The second-order valence-electron chi connectivity index (χ2n) is 5.83. The lowest BCUT2D eigenvalue weighted by molar-refractivity contribution is -0.176. The normalized spacial score (nSPS) is 12.9. The number of hydrogen-bond donors (Lipinski definition) is 2. The van der Waals surface area contributed by atoms with Gasteiger partial charge >= 0.3 is 12.4 Å². The van der Waals surface area contributed by atoms with Gasteiger partial charge in [0.2, 0.25) is 0 Å². The van der Waals surface area contributed by atoms with Crippen LogP contribution in [0.4, 0.5) is 26.3 Å². The van der Waals surface area contributed by atoms with Crippen molar-refractivity contribution < 1.29 is 31.1 Å². The first-order valence-corrected chi connectivity index (χ1v) is 9.13. The molecule has 0 atom stereocenters. The molecule has 0 saturated carbocycles. The number of benzene rings is 1. The number of halogens is 6. The van der Waals surface area contributed by atoms with E-state index in [4.69, 9.17) is 0 Å². The molecule has 2 N–H and O–H groups in total. The molecular weight excluding hydrogens is 422 g/mol. The average molecular weight is 440 g/mol. The van der Waals surface area contributed by atoms with Crippen molar-refractivity contribution in [1.82, 2.24) is 15.6 Å². The third-order valence-electron chi connectivity index (χ3n) is 3.49. The van der Waals surface area contributed by atoms with Gasteiger partial charge in [-0.3, -0.25) is 4.99 Å². The number of aromatic nitrogens is 1. The average Bonchev–Trinajstić information content (AvgIpc) is 3.11. The molecule has 0 amide bonds. The Bertz CT molecular complexity index is 801. The topological polar surface area (TPSA) is 58.5 Å². The van der Waals surface area contributed by atoms with Crippen LogP contribution in [0.15, 0.2) is 34.6 Å². The molecule has 29 heavy (non-hydrogen) atoms. The van der Waals surface area contributed by atoms with Gasteiger partial charge in [0.25, 0.3) is 0 Å². The van der Waals surface area contributed by atoms with E-state index in [1.807, 2.05) is 0 Å². The van der Waals surface area contributed by atoms with E-state index in [1.54, 1.807) is 24.3 Å². The summed E-state index contributed by atoms with van der Waals surface area (Å²) in [7, 11) is 1.51. The van der Waals surface area contributed by atoms with Crippen LogP contribution in [0.25, 0.3) is 0 Å². The molecule has 0 aliphatic rings. The Morgan fingerprint density at radius 1 is 1.03 bits per heavy atom. The summed E-state index contributed by atoms with van der Waals surface area (Å²) < 4.78 is 78.4. The summed E-state index contributed by atoms with van der Waals surface area (Å²) in [6, 6.07) is 6.75. The van der Waals surface area contributed by atoms with E-state index >= 15 is 0 Å². The first-order valence-electron chi connectivity index (χ1n) is 8.25. The van der Waals surface area contributed by atoms with Gasteiger partial charge in [-0.1, -0.05) is 24.3 Å². The maximum atomic E-state index is 12.6. The Hall–Kier alpha value is -2.34. The van der Waals surface area contributed by atoms with Gasteiger partial charge in [0.05, 0.1) is 13.2 Å². The van der Waals surface area contributed by atoms with Crippen LogP contribution < -0.4 is 10.6 Å². The Balaban J connectivity index is 1.78. The van der Waals surface area contributed by atoms with Crippen molar-refractivity contribution >= 4 is 17.3 Å². The van der Waals surface area contributed by atoms with Crippen molar-refractivity contribution in [3.05, 3.63) is 51.5 Å². The zero-order chi connectivity index (χ0) is 21.5. The maximum Gasteiger partial charge on any atom is 0.434 e. The summed E-state index contributed by atoms with van der Waals surface area (Å²) in [5.41, 5.74) is 0.507. The van der Waals surface area contributed by atoms with Gasteiger partial charge in [-0.15, -0.1) is 11.3 Å². The number of aliphatic imine (C=N–C) groups is 1. The molecule has 0 bridgehead atoms. The molecular formula is C17H18F6N4OS. The van der Waals surface area contributed by atoms with Crippen molar-refractivity contribution in [2.45, 2.75) is 32.0 Å². The Morgan fingerprint density at radius 2 is 1.66 bits per heavy atom. The monoisotopic (exact) mass is 440 g/mol. The van der Waals surface area contributed by atoms with Crippen LogP contribution in [0.2, 0.25) is 0 Å². The number of nitrogens with zero attached hydrogens (tertiary/aromatic N) is 2. The van der Waals surface area contributed by atoms with Gasteiger partial charge < -0.3 is 15.4 Å². The first kappa shape index (κ1) is 22.9. The number of guanidine groups is 1. The van der Waals surface area contributed by atoms with Gasteiger partial charge in [-0.05, 0) is 11.1 Å². The molecule has 1 aromatic carbocycles. The fourth-order valence-electron chi connectivity index (χ4n) is 2.13. The molecule has 160 valence electrons. The summed E-state index contributed by atoms with van der Waals surface area (Å²) in [6.07, 6.45) is -8.84. The first-order chi connectivity index (χ1) is 13.6. The summed E-state index contributed by atoms with van der Waals surface area (Å²) in [5.74, 6) is 0.367. The largest absolute Gasteiger partial charge is 0.434 e. The highest BCUT2D eigenvalue weighted by atomic mass is 32.1. The molecule has 1 heterocycles. The van der Waals surface area contributed by atoms with Crippen molar-refractivity contribution in [3.63, 3.8) is 0 Å². The molecule has 12 heteroatoms. The minimum Gasteiger partial charge on any atom is -0.367 e. The van der Waals surface area contributed by atoms with E-state index in [0.29, 0.717) is 18.1 Å². The zero-order valence-electron chi connectivity index (χ0n) is 15.2. The van der Waals surface area contributed by atoms with Crippen molar-refractivity contribution in [1.29, 1.82) is 0 Å². The third kappa shape index (κ3) is 8.28. The lowest BCUT2D eigenvalue weighted by Gasteiger charge is -2.12. The number of thiazole rings is 1. The van der Waals surface area contributed by atoms with E-state index < -0.39 is 24.7 Å². The molecule has 0 fully saturated rings. The molecule has 2 aromatic rings. The van der Waals surface area contributed by atoms with Gasteiger partial charge in [-0.2, -0.15) is 26.3 Å². The fourth-order valence-corrected chi connectivity index (χ4v) is 2.87. The number of rotatable bonds is 7. The SMILES string of the molecule is CN=C(NCc1ccc(COCC(F)(F)F)cc1)NCc1nc(C(F)(F)F)cs1. The predicted octanol–water partition coefficient (Wildman–Crippen LogP) is 4.11. The van der Waals surface area contributed by atoms with Crippen molar-refractivity contribution in [2.24, 2.45) is 4.99 Å². The lowest BCUT2D eigenvalue weighted by atomic mass is 10.1. The molecule has 2 rings (SSSR count). The van der Waals surface area contributed by atoms with E-state index in [9.17, 15) is 26.3 Å². The molecule has 0 aliphatic carbocycles. The van der Waals surface area contributed by atoms with Gasteiger partial charge in [0.15, 0.2) is 11.7 Å². The van der Waals surface area contributed by atoms with Crippen LogP contribution in [-0.4, -0.2) is 30.8 Å².